The van der Waals surface area contributed by atoms with Crippen molar-refractivity contribution in [3.05, 3.63) is 12.2 Å². The highest BCUT2D eigenvalue weighted by Gasteiger charge is 2.11. The Morgan fingerprint density at radius 1 is 1.32 bits per heavy atom. The van der Waals surface area contributed by atoms with Crippen LogP contribution in [0.1, 0.15) is 19.8 Å². The van der Waals surface area contributed by atoms with Gasteiger partial charge in [0.15, 0.2) is 5.96 Å². The van der Waals surface area contributed by atoms with Crippen molar-refractivity contribution in [1.82, 2.24) is 0 Å². The van der Waals surface area contributed by atoms with Gasteiger partial charge in [-0.25, -0.2) is 0 Å². The van der Waals surface area contributed by atoms with Crippen molar-refractivity contribution in [1.29, 1.82) is 0 Å². The predicted octanol–water partition coefficient (Wildman–Crippen LogP) is -1.41. The van der Waals surface area contributed by atoms with Crippen LogP contribution in [-0.2, 0) is 14.3 Å². The lowest BCUT2D eigenvalue weighted by Crippen LogP contribution is -2.31. The first-order chi connectivity index (χ1) is 8.72. The van der Waals surface area contributed by atoms with Gasteiger partial charge in [-0.3, -0.25) is 14.6 Å². The molecule has 1 amide bonds. The quantitative estimate of drug-likeness (QED) is 0.153. The number of esters is 1. The second-order valence-electron chi connectivity index (χ2n) is 3.72. The molecule has 0 spiro atoms. The number of guanidine groups is 1. The monoisotopic (exact) mass is 273 g/mol. The maximum absolute atomic E-state index is 10.8. The Morgan fingerprint density at radius 3 is 2.11 bits per heavy atom. The Balaban J connectivity index is 0. The van der Waals surface area contributed by atoms with E-state index >= 15 is 0 Å². The molecule has 0 fully saturated rings. The van der Waals surface area contributed by atoms with E-state index in [2.05, 4.69) is 16.3 Å². The van der Waals surface area contributed by atoms with Gasteiger partial charge in [0, 0.05) is 12.1 Å². The number of carbonyl (C=O) groups is 2. The van der Waals surface area contributed by atoms with E-state index in [1.165, 1.54) is 7.11 Å². The van der Waals surface area contributed by atoms with Gasteiger partial charge in [0.2, 0.25) is 5.91 Å². The average molecular weight is 273 g/mol. The van der Waals surface area contributed by atoms with Gasteiger partial charge in [-0.15, -0.1) is 0 Å². The molecule has 0 aliphatic carbocycles. The summed E-state index contributed by atoms with van der Waals surface area (Å²) in [6.45, 7) is 5.33. The Kier molecular flexibility index (Phi) is 11.2. The highest BCUT2D eigenvalue weighted by molar-refractivity contribution is 5.90. The summed E-state index contributed by atoms with van der Waals surface area (Å²) in [7, 11) is 1.30. The van der Waals surface area contributed by atoms with Gasteiger partial charge in [0.25, 0.3) is 0 Å². The second-order valence-corrected chi connectivity index (χ2v) is 3.72. The standard InChI is InChI=1S/C7H16N4O2.C4H7NO/c1-13-6(12)5(8)3-2-4-11-7(9)10;1-3(2)4(5)6/h5H,2-4,8H2,1H3,(H4,9,10,11);1H2,2H3,(H2,5,6). The second kappa shape index (κ2) is 11.0. The molecule has 0 aromatic carbocycles. The van der Waals surface area contributed by atoms with E-state index in [1.807, 2.05) is 0 Å². The number of hydrogen-bond acceptors (Lipinski definition) is 5. The number of amides is 1. The maximum Gasteiger partial charge on any atom is 0.322 e. The van der Waals surface area contributed by atoms with E-state index in [0.717, 1.165) is 0 Å². The number of hydrogen-bond donors (Lipinski definition) is 4. The van der Waals surface area contributed by atoms with Crippen LogP contribution < -0.4 is 22.9 Å². The summed E-state index contributed by atoms with van der Waals surface area (Å²) in [6.07, 6.45) is 1.18. The van der Waals surface area contributed by atoms with Crippen LogP contribution in [0.15, 0.2) is 17.1 Å². The number of aliphatic imine (C=N–C) groups is 1. The van der Waals surface area contributed by atoms with Crippen LogP contribution in [0.2, 0.25) is 0 Å². The van der Waals surface area contributed by atoms with E-state index in [9.17, 15) is 9.59 Å². The minimum absolute atomic E-state index is 0.0478. The molecule has 110 valence electrons. The van der Waals surface area contributed by atoms with Gasteiger partial charge in [-0.05, 0) is 19.8 Å². The molecule has 8 heteroatoms. The molecule has 0 bridgehead atoms. The lowest BCUT2D eigenvalue weighted by Gasteiger charge is -2.07. The Hall–Kier alpha value is -2.09. The summed E-state index contributed by atoms with van der Waals surface area (Å²) >= 11 is 0. The van der Waals surface area contributed by atoms with Gasteiger partial charge in [-0.2, -0.15) is 0 Å². The molecule has 0 aromatic rings. The predicted molar refractivity (Wildman–Crippen MR) is 73.9 cm³/mol. The van der Waals surface area contributed by atoms with E-state index in [4.69, 9.17) is 22.9 Å². The lowest BCUT2D eigenvalue weighted by molar-refractivity contribution is -0.142. The van der Waals surface area contributed by atoms with Crippen molar-refractivity contribution in [3.63, 3.8) is 0 Å². The molecule has 1 atom stereocenters. The summed E-state index contributed by atoms with van der Waals surface area (Å²) < 4.78 is 4.44. The molecular weight excluding hydrogens is 250 g/mol. The minimum Gasteiger partial charge on any atom is -0.468 e. The molecule has 1 unspecified atom stereocenters. The number of nitrogens with two attached hydrogens (primary N) is 4. The molecular formula is C11H23N5O3. The van der Waals surface area contributed by atoms with E-state index in [0.29, 0.717) is 25.0 Å². The zero-order chi connectivity index (χ0) is 15.4. The van der Waals surface area contributed by atoms with Crippen LogP contribution in [0.5, 0.6) is 0 Å². The highest BCUT2D eigenvalue weighted by atomic mass is 16.5. The third-order valence-corrected chi connectivity index (χ3v) is 1.89. The number of methoxy groups -OCH3 is 1. The molecule has 8 nitrogen and oxygen atoms in total. The van der Waals surface area contributed by atoms with Gasteiger partial charge >= 0.3 is 5.97 Å². The van der Waals surface area contributed by atoms with Crippen LogP contribution in [-0.4, -0.2) is 37.5 Å². The highest BCUT2D eigenvalue weighted by Crippen LogP contribution is 1.96. The van der Waals surface area contributed by atoms with Crippen LogP contribution in [0.4, 0.5) is 0 Å². The van der Waals surface area contributed by atoms with Crippen molar-refractivity contribution >= 4 is 17.8 Å². The van der Waals surface area contributed by atoms with Crippen LogP contribution in [0.3, 0.4) is 0 Å². The summed E-state index contributed by atoms with van der Waals surface area (Å²) in [4.78, 5) is 24.4. The van der Waals surface area contributed by atoms with E-state index in [-0.39, 0.29) is 5.96 Å². The maximum atomic E-state index is 10.8. The Bertz CT molecular complexity index is 325. The van der Waals surface area contributed by atoms with Gasteiger partial charge in [0.05, 0.1) is 7.11 Å². The molecule has 0 saturated heterocycles. The molecule has 0 heterocycles. The summed E-state index contributed by atoms with van der Waals surface area (Å²) in [5.41, 5.74) is 20.8. The van der Waals surface area contributed by atoms with Crippen LogP contribution in [0, 0.1) is 0 Å². The van der Waals surface area contributed by atoms with Crippen molar-refractivity contribution in [2.24, 2.45) is 27.9 Å². The topological polar surface area (TPSA) is 160 Å². The molecule has 0 aromatic heterocycles. The van der Waals surface area contributed by atoms with Crippen LogP contribution >= 0.6 is 0 Å². The van der Waals surface area contributed by atoms with Gasteiger partial charge in [0.1, 0.15) is 6.04 Å². The van der Waals surface area contributed by atoms with Crippen molar-refractivity contribution in [2.75, 3.05) is 13.7 Å². The average Bonchev–Trinajstić information content (AvgIpc) is 2.33. The summed E-state index contributed by atoms with van der Waals surface area (Å²) in [6, 6.07) is -0.584. The number of primary amides is 1. The van der Waals surface area contributed by atoms with E-state index < -0.39 is 17.9 Å². The number of nitrogens with zero attached hydrogens (tertiary/aromatic N) is 1. The summed E-state index contributed by atoms with van der Waals surface area (Å²) in [5.74, 6) is -0.800. The smallest absolute Gasteiger partial charge is 0.322 e. The van der Waals surface area contributed by atoms with Gasteiger partial charge < -0.3 is 27.7 Å². The van der Waals surface area contributed by atoms with Crippen molar-refractivity contribution in [2.45, 2.75) is 25.8 Å². The first kappa shape index (κ1) is 19.3. The summed E-state index contributed by atoms with van der Waals surface area (Å²) in [5, 5.41) is 0. The largest absolute Gasteiger partial charge is 0.468 e. The fraction of sp³-hybridized carbons (Fsp3) is 0.545. The normalized spacial score (nSPS) is 10.5. The van der Waals surface area contributed by atoms with Crippen molar-refractivity contribution < 1.29 is 14.3 Å². The molecule has 0 aliphatic heterocycles. The third kappa shape index (κ3) is 13.8. The minimum atomic E-state index is -0.584. The first-order valence-electron chi connectivity index (χ1n) is 5.56. The molecule has 0 aliphatic rings. The zero-order valence-electron chi connectivity index (χ0n) is 11.4. The fourth-order valence-corrected chi connectivity index (χ4v) is 0.789. The van der Waals surface area contributed by atoms with Crippen molar-refractivity contribution in [3.8, 4) is 0 Å². The fourth-order valence-electron chi connectivity index (χ4n) is 0.789. The Morgan fingerprint density at radius 2 is 1.79 bits per heavy atom. The zero-order valence-corrected chi connectivity index (χ0v) is 11.4. The number of rotatable bonds is 6. The van der Waals surface area contributed by atoms with E-state index in [1.54, 1.807) is 6.92 Å². The van der Waals surface area contributed by atoms with Gasteiger partial charge in [-0.1, -0.05) is 6.58 Å². The lowest BCUT2D eigenvalue weighted by atomic mass is 10.2. The Labute approximate surface area is 112 Å². The first-order valence-corrected chi connectivity index (χ1v) is 5.56. The third-order valence-electron chi connectivity index (χ3n) is 1.89. The molecule has 19 heavy (non-hydrogen) atoms. The molecule has 0 radical (unpaired) electrons. The number of carbonyl (C=O) groups excluding carboxylic acids is 2. The molecule has 8 N–H and O–H groups in total. The molecule has 0 rings (SSSR count). The number of ether oxygens (including phenoxy) is 1. The molecule has 0 saturated carbocycles. The van der Waals surface area contributed by atoms with Crippen LogP contribution in [0.25, 0.3) is 0 Å². The SMILES string of the molecule is C=C(C)C(N)=O.COC(=O)C(N)CCCN=C(N)N.